The minimum absolute atomic E-state index is 0.00458. The fourth-order valence-corrected chi connectivity index (χ4v) is 3.41. The van der Waals surface area contributed by atoms with Gasteiger partial charge in [0.25, 0.3) is 0 Å². The molecule has 2 N–H and O–H groups in total. The van der Waals surface area contributed by atoms with Gasteiger partial charge in [-0.1, -0.05) is 0 Å². The van der Waals surface area contributed by atoms with Crippen molar-refractivity contribution in [1.82, 2.24) is 24.6 Å². The first kappa shape index (κ1) is 17.7. The summed E-state index contributed by atoms with van der Waals surface area (Å²) < 4.78 is 13.5. The summed E-state index contributed by atoms with van der Waals surface area (Å²) in [6.45, 7) is 6.29. The first-order valence-corrected chi connectivity index (χ1v) is 9.10. The van der Waals surface area contributed by atoms with Gasteiger partial charge < -0.3 is 15.2 Å². The van der Waals surface area contributed by atoms with Crippen molar-refractivity contribution < 1.29 is 9.47 Å². The molecule has 1 saturated heterocycles. The number of benzene rings is 1. The number of aryl methyl sites for hydroxylation is 1. The molecule has 1 fully saturated rings. The molecule has 0 unspecified atom stereocenters. The van der Waals surface area contributed by atoms with E-state index in [1.165, 1.54) is 6.33 Å². The van der Waals surface area contributed by atoms with Crippen molar-refractivity contribution >= 4 is 16.7 Å². The minimum Gasteiger partial charge on any atom is -0.489 e. The zero-order valence-electron chi connectivity index (χ0n) is 15.6. The third kappa shape index (κ3) is 3.86. The first-order valence-electron chi connectivity index (χ1n) is 9.10. The van der Waals surface area contributed by atoms with E-state index in [1.54, 1.807) is 4.68 Å². The lowest BCUT2D eigenvalue weighted by Gasteiger charge is -2.29. The Morgan fingerprint density at radius 1 is 1.22 bits per heavy atom. The molecule has 0 aliphatic carbocycles. The van der Waals surface area contributed by atoms with Crippen molar-refractivity contribution in [2.45, 2.75) is 13.0 Å². The van der Waals surface area contributed by atoms with Crippen molar-refractivity contribution in [3.8, 4) is 16.9 Å². The maximum Gasteiger partial charge on any atom is 0.138 e. The third-order valence-electron chi connectivity index (χ3n) is 4.72. The van der Waals surface area contributed by atoms with E-state index in [1.807, 2.05) is 31.6 Å². The summed E-state index contributed by atoms with van der Waals surface area (Å²) in [4.78, 5) is 10.9. The largest absolute Gasteiger partial charge is 0.489 e. The Morgan fingerprint density at radius 2 is 2.04 bits per heavy atom. The fraction of sp³-hybridized carbons (Fsp3) is 0.421. The van der Waals surface area contributed by atoms with Crippen molar-refractivity contribution in [2.24, 2.45) is 7.05 Å². The standard InChI is InChI=1S/C19H24N6O2/c1-13(10-25-3-5-26-6-4-25)27-17-8-14(15-9-23-24(2)11-15)7-16-18(17)19(20)22-12-21-16/h7-9,11-13H,3-6,10H2,1-2H3,(H2,20,21,22)/t13-/m1/s1. The average molecular weight is 368 g/mol. The molecule has 4 rings (SSSR count). The Hall–Kier alpha value is -2.71. The van der Waals surface area contributed by atoms with Gasteiger partial charge in [0, 0.05) is 38.4 Å². The number of morpholine rings is 1. The predicted molar refractivity (Wildman–Crippen MR) is 104 cm³/mol. The van der Waals surface area contributed by atoms with Crippen LogP contribution < -0.4 is 10.5 Å². The van der Waals surface area contributed by atoms with Crippen LogP contribution in [-0.2, 0) is 11.8 Å². The normalized spacial score (nSPS) is 16.5. The molecular formula is C19H24N6O2. The first-order chi connectivity index (χ1) is 13.1. The number of nitrogen functional groups attached to an aromatic ring is 1. The van der Waals surface area contributed by atoms with E-state index in [2.05, 4.69) is 26.9 Å². The lowest BCUT2D eigenvalue weighted by atomic mass is 10.1. The molecule has 0 radical (unpaired) electrons. The summed E-state index contributed by atoms with van der Waals surface area (Å²) in [5.74, 6) is 1.12. The monoisotopic (exact) mass is 368 g/mol. The van der Waals surface area contributed by atoms with Crippen LogP contribution in [0.5, 0.6) is 5.75 Å². The number of aromatic nitrogens is 4. The van der Waals surface area contributed by atoms with Crippen LogP contribution in [0.1, 0.15) is 6.92 Å². The van der Waals surface area contributed by atoms with Crippen LogP contribution in [0.25, 0.3) is 22.0 Å². The molecule has 8 nitrogen and oxygen atoms in total. The molecule has 8 heteroatoms. The number of hydrogen-bond acceptors (Lipinski definition) is 7. The molecule has 0 amide bonds. The molecule has 0 bridgehead atoms. The molecule has 3 heterocycles. The van der Waals surface area contributed by atoms with Gasteiger partial charge in [0.1, 0.15) is 24.0 Å². The van der Waals surface area contributed by atoms with Crippen LogP contribution in [0.2, 0.25) is 0 Å². The highest BCUT2D eigenvalue weighted by Gasteiger charge is 2.18. The molecular weight excluding hydrogens is 344 g/mol. The highest BCUT2D eigenvalue weighted by atomic mass is 16.5. The van der Waals surface area contributed by atoms with Crippen LogP contribution in [-0.4, -0.2) is 63.6 Å². The van der Waals surface area contributed by atoms with Gasteiger partial charge >= 0.3 is 0 Å². The van der Waals surface area contributed by atoms with Gasteiger partial charge in [-0.2, -0.15) is 5.10 Å². The number of ether oxygens (including phenoxy) is 2. The van der Waals surface area contributed by atoms with Crippen molar-refractivity contribution in [1.29, 1.82) is 0 Å². The van der Waals surface area contributed by atoms with Crippen molar-refractivity contribution in [3.05, 3.63) is 30.9 Å². The summed E-state index contributed by atoms with van der Waals surface area (Å²) in [7, 11) is 1.90. The second-order valence-corrected chi connectivity index (χ2v) is 6.87. The van der Waals surface area contributed by atoms with Crippen molar-refractivity contribution in [3.63, 3.8) is 0 Å². The SMILES string of the molecule is C[C@H](CN1CCOCC1)Oc1cc(-c2cnn(C)c2)cc2ncnc(N)c12. The smallest absolute Gasteiger partial charge is 0.138 e. The summed E-state index contributed by atoms with van der Waals surface area (Å²) in [6, 6.07) is 3.98. The predicted octanol–water partition coefficient (Wildman–Crippen LogP) is 1.71. The second kappa shape index (κ2) is 7.50. The zero-order chi connectivity index (χ0) is 18.8. The van der Waals surface area contributed by atoms with Gasteiger partial charge in [0.2, 0.25) is 0 Å². The zero-order valence-corrected chi connectivity index (χ0v) is 15.6. The molecule has 0 saturated carbocycles. The molecule has 3 aromatic rings. The van der Waals surface area contributed by atoms with Crippen LogP contribution in [0.15, 0.2) is 30.9 Å². The lowest BCUT2D eigenvalue weighted by molar-refractivity contribution is 0.0220. The van der Waals surface area contributed by atoms with E-state index in [9.17, 15) is 0 Å². The third-order valence-corrected chi connectivity index (χ3v) is 4.72. The lowest BCUT2D eigenvalue weighted by Crippen LogP contribution is -2.41. The quantitative estimate of drug-likeness (QED) is 0.733. The number of anilines is 1. The highest BCUT2D eigenvalue weighted by molar-refractivity contribution is 5.96. The van der Waals surface area contributed by atoms with Crippen LogP contribution in [0.3, 0.4) is 0 Å². The highest BCUT2D eigenvalue weighted by Crippen LogP contribution is 2.34. The van der Waals surface area contributed by atoms with Gasteiger partial charge in [0.05, 0.1) is 30.3 Å². The Bertz CT molecular complexity index is 935. The second-order valence-electron chi connectivity index (χ2n) is 6.87. The molecule has 2 aromatic heterocycles. The average Bonchev–Trinajstić information content (AvgIpc) is 3.09. The van der Waals surface area contributed by atoms with Gasteiger partial charge in [-0.25, -0.2) is 9.97 Å². The molecule has 1 atom stereocenters. The van der Waals surface area contributed by atoms with Gasteiger partial charge in [-0.15, -0.1) is 0 Å². The number of hydrogen-bond donors (Lipinski definition) is 1. The Kier molecular flexibility index (Phi) is 4.91. The van der Waals surface area contributed by atoms with Gasteiger partial charge in [0.15, 0.2) is 0 Å². The summed E-state index contributed by atoms with van der Waals surface area (Å²) in [5.41, 5.74) is 8.89. The maximum absolute atomic E-state index is 6.31. The molecule has 1 aliphatic heterocycles. The molecule has 27 heavy (non-hydrogen) atoms. The topological polar surface area (TPSA) is 91.3 Å². The van der Waals surface area contributed by atoms with E-state index in [0.29, 0.717) is 11.6 Å². The number of rotatable bonds is 5. The van der Waals surface area contributed by atoms with E-state index in [0.717, 1.165) is 54.9 Å². The van der Waals surface area contributed by atoms with E-state index in [-0.39, 0.29) is 6.10 Å². The number of nitrogens with two attached hydrogens (primary N) is 1. The Morgan fingerprint density at radius 3 is 2.78 bits per heavy atom. The van der Waals surface area contributed by atoms with Gasteiger partial charge in [-0.3, -0.25) is 9.58 Å². The minimum atomic E-state index is -0.00458. The molecule has 0 spiro atoms. The summed E-state index contributed by atoms with van der Waals surface area (Å²) in [5, 5.41) is 5.01. The summed E-state index contributed by atoms with van der Waals surface area (Å²) in [6.07, 6.45) is 5.26. The van der Waals surface area contributed by atoms with Crippen LogP contribution in [0.4, 0.5) is 5.82 Å². The van der Waals surface area contributed by atoms with E-state index < -0.39 is 0 Å². The number of nitrogens with zero attached hydrogens (tertiary/aromatic N) is 5. The van der Waals surface area contributed by atoms with Crippen LogP contribution >= 0.6 is 0 Å². The maximum atomic E-state index is 6.31. The van der Waals surface area contributed by atoms with Crippen LogP contribution in [0, 0.1) is 0 Å². The molecule has 142 valence electrons. The number of fused-ring (bicyclic) bond motifs is 1. The fourth-order valence-electron chi connectivity index (χ4n) is 3.41. The van der Waals surface area contributed by atoms with E-state index in [4.69, 9.17) is 15.2 Å². The van der Waals surface area contributed by atoms with Crippen molar-refractivity contribution in [2.75, 3.05) is 38.6 Å². The molecule has 1 aromatic carbocycles. The summed E-state index contributed by atoms with van der Waals surface area (Å²) >= 11 is 0. The molecule has 1 aliphatic rings. The Labute approximate surface area is 157 Å². The van der Waals surface area contributed by atoms with E-state index >= 15 is 0 Å². The van der Waals surface area contributed by atoms with Gasteiger partial charge in [-0.05, 0) is 24.6 Å². The Balaban J connectivity index is 1.66.